The van der Waals surface area contributed by atoms with Crippen molar-refractivity contribution < 1.29 is 28.5 Å². The molecule has 2 aliphatic heterocycles. The number of hydrogen-bond donors (Lipinski definition) is 3. The van der Waals surface area contributed by atoms with E-state index in [4.69, 9.17) is 30.2 Å². The SMILES string of the molecule is COCCN(C)c1nc(NC2COC2)cc(C(=O)NCC(O)CN2CCc3c(ccc(OCc4cnco4)c3Cl)C2)n1. The normalized spacial score (nSPS) is 15.9. The first-order valence-corrected chi connectivity index (χ1v) is 14.2. The number of methoxy groups -OCH3 is 1. The van der Waals surface area contributed by atoms with Crippen molar-refractivity contribution in [3.05, 3.63) is 58.4 Å². The largest absolute Gasteiger partial charge is 0.484 e. The number of nitrogens with zero attached hydrogens (tertiary/aromatic N) is 5. The van der Waals surface area contributed by atoms with Gasteiger partial charge in [-0.3, -0.25) is 9.69 Å². The van der Waals surface area contributed by atoms with Crippen molar-refractivity contribution in [3.8, 4) is 5.75 Å². The van der Waals surface area contributed by atoms with Crippen LogP contribution < -0.4 is 20.3 Å². The van der Waals surface area contributed by atoms with Gasteiger partial charge < -0.3 is 39.3 Å². The summed E-state index contributed by atoms with van der Waals surface area (Å²) in [5, 5.41) is 17.4. The van der Waals surface area contributed by atoms with E-state index in [1.807, 2.05) is 24.1 Å². The Labute approximate surface area is 249 Å². The molecule has 1 amide bonds. The number of aliphatic hydroxyl groups is 1. The molecule has 3 N–H and O–H groups in total. The van der Waals surface area contributed by atoms with Crippen molar-refractivity contribution in [3.63, 3.8) is 0 Å². The van der Waals surface area contributed by atoms with Crippen molar-refractivity contribution in [2.45, 2.75) is 31.7 Å². The number of halogens is 1. The van der Waals surface area contributed by atoms with Gasteiger partial charge in [0.2, 0.25) is 5.95 Å². The number of nitrogens with one attached hydrogen (secondary N) is 2. The summed E-state index contributed by atoms with van der Waals surface area (Å²) in [5.74, 6) is 1.77. The highest BCUT2D eigenvalue weighted by Crippen LogP contribution is 2.34. The molecule has 1 saturated heterocycles. The summed E-state index contributed by atoms with van der Waals surface area (Å²) in [6.45, 7) is 4.28. The second-order valence-electron chi connectivity index (χ2n) is 10.4. The summed E-state index contributed by atoms with van der Waals surface area (Å²) < 4.78 is 21.4. The number of oxazole rings is 1. The second-order valence-corrected chi connectivity index (χ2v) is 10.7. The number of carbonyl (C=O) groups excluding carboxylic acids is 1. The molecule has 4 heterocycles. The maximum Gasteiger partial charge on any atom is 0.270 e. The van der Waals surface area contributed by atoms with Crippen LogP contribution in [0.1, 0.15) is 27.4 Å². The minimum atomic E-state index is -0.772. The predicted octanol–water partition coefficient (Wildman–Crippen LogP) is 1.74. The van der Waals surface area contributed by atoms with E-state index in [-0.39, 0.29) is 30.8 Å². The third-order valence-corrected chi connectivity index (χ3v) is 7.52. The molecule has 226 valence electrons. The molecule has 0 saturated carbocycles. The number of ether oxygens (including phenoxy) is 3. The highest BCUT2D eigenvalue weighted by molar-refractivity contribution is 6.33. The van der Waals surface area contributed by atoms with Gasteiger partial charge in [0.25, 0.3) is 5.91 Å². The maximum atomic E-state index is 13.1. The number of β-amino-alcohol motifs (C(OH)–C–C–N with tert-alkyl or cyclic N) is 1. The Kier molecular flexibility index (Phi) is 10.1. The summed E-state index contributed by atoms with van der Waals surface area (Å²) in [4.78, 5) is 29.9. The highest BCUT2D eigenvalue weighted by atomic mass is 35.5. The fourth-order valence-corrected chi connectivity index (χ4v) is 5.03. The lowest BCUT2D eigenvalue weighted by atomic mass is 9.99. The van der Waals surface area contributed by atoms with Crippen LogP contribution in [0.5, 0.6) is 5.75 Å². The van der Waals surface area contributed by atoms with Gasteiger partial charge in [0.05, 0.1) is 43.2 Å². The van der Waals surface area contributed by atoms with Crippen LogP contribution >= 0.6 is 11.6 Å². The standard InChI is InChI=1S/C28H36ClN7O6/c1-35(7-8-39-2)28-33-23(9-25(34-28)32-19-14-40-15-19)27(38)31-10-20(37)13-36-6-5-22-18(12-36)3-4-24(26(22)29)41-16-21-11-30-17-42-21/h3-4,9,11,17,19-20,37H,5-8,10,12-16H2,1-2H3,(H,31,38)(H,32,33,34). The number of aliphatic hydroxyl groups excluding tert-OH is 1. The molecule has 3 aromatic rings. The number of amides is 1. The first-order valence-electron chi connectivity index (χ1n) is 13.8. The van der Waals surface area contributed by atoms with Gasteiger partial charge in [-0.2, -0.15) is 4.98 Å². The Morgan fingerprint density at radius 1 is 1.33 bits per heavy atom. The van der Waals surface area contributed by atoms with Crippen LogP contribution in [0.3, 0.4) is 0 Å². The Morgan fingerprint density at radius 2 is 2.19 bits per heavy atom. The molecule has 2 aromatic heterocycles. The van der Waals surface area contributed by atoms with Gasteiger partial charge in [0.1, 0.15) is 23.9 Å². The van der Waals surface area contributed by atoms with E-state index in [0.717, 1.165) is 17.5 Å². The third kappa shape index (κ3) is 7.66. The lowest BCUT2D eigenvalue weighted by Gasteiger charge is -2.31. The minimum absolute atomic E-state index is 0.0788. The first-order chi connectivity index (χ1) is 20.4. The van der Waals surface area contributed by atoms with Crippen molar-refractivity contribution >= 4 is 29.3 Å². The van der Waals surface area contributed by atoms with Crippen molar-refractivity contribution in [2.75, 3.05) is 70.4 Å². The van der Waals surface area contributed by atoms with Gasteiger partial charge in [0.15, 0.2) is 12.2 Å². The summed E-state index contributed by atoms with van der Waals surface area (Å²) in [6.07, 6.45) is 2.91. The lowest BCUT2D eigenvalue weighted by Crippen LogP contribution is -2.42. The van der Waals surface area contributed by atoms with Gasteiger partial charge in [-0.25, -0.2) is 9.97 Å². The quantitative estimate of drug-likeness (QED) is 0.247. The molecule has 1 aromatic carbocycles. The summed E-state index contributed by atoms with van der Waals surface area (Å²) in [6, 6.07) is 5.59. The topological polar surface area (TPSA) is 147 Å². The average Bonchev–Trinajstić information content (AvgIpc) is 3.50. The van der Waals surface area contributed by atoms with Crippen LogP contribution in [-0.2, 0) is 29.0 Å². The van der Waals surface area contributed by atoms with Crippen molar-refractivity contribution in [2.24, 2.45) is 0 Å². The van der Waals surface area contributed by atoms with Crippen LogP contribution in [0, 0.1) is 0 Å². The number of fused-ring (bicyclic) bond motifs is 1. The number of likely N-dealkylation sites (N-methyl/N-ethyl adjacent to an activating group) is 1. The van der Waals surface area contributed by atoms with Crippen molar-refractivity contribution in [1.29, 1.82) is 0 Å². The fourth-order valence-electron chi connectivity index (χ4n) is 4.69. The molecule has 0 spiro atoms. The van der Waals surface area contributed by atoms with E-state index in [9.17, 15) is 9.90 Å². The minimum Gasteiger partial charge on any atom is -0.484 e. The summed E-state index contributed by atoms with van der Waals surface area (Å²) in [5.41, 5.74) is 2.33. The molecular formula is C28H36ClN7O6. The molecule has 2 aliphatic rings. The van der Waals surface area contributed by atoms with Gasteiger partial charge >= 0.3 is 0 Å². The molecule has 14 heteroatoms. The molecule has 1 fully saturated rings. The van der Waals surface area contributed by atoms with Crippen LogP contribution in [0.4, 0.5) is 11.8 Å². The smallest absolute Gasteiger partial charge is 0.270 e. The summed E-state index contributed by atoms with van der Waals surface area (Å²) in [7, 11) is 3.46. The number of hydrogen-bond acceptors (Lipinski definition) is 12. The zero-order chi connectivity index (χ0) is 29.5. The van der Waals surface area contributed by atoms with Gasteiger partial charge in [0, 0.05) is 52.9 Å². The zero-order valence-electron chi connectivity index (χ0n) is 23.7. The molecule has 0 bridgehead atoms. The second kappa shape index (κ2) is 14.1. The number of aromatic nitrogens is 3. The maximum absolute atomic E-state index is 13.1. The Balaban J connectivity index is 1.14. The van der Waals surface area contributed by atoms with Crippen LogP contribution in [0.2, 0.25) is 5.02 Å². The molecule has 0 radical (unpaired) electrons. The molecular weight excluding hydrogens is 566 g/mol. The van der Waals surface area contributed by atoms with E-state index in [0.29, 0.717) is 74.3 Å². The highest BCUT2D eigenvalue weighted by Gasteiger charge is 2.24. The van der Waals surface area contributed by atoms with Gasteiger partial charge in [-0.1, -0.05) is 17.7 Å². The van der Waals surface area contributed by atoms with E-state index in [1.165, 1.54) is 6.39 Å². The van der Waals surface area contributed by atoms with E-state index in [2.05, 4.69) is 30.5 Å². The molecule has 42 heavy (non-hydrogen) atoms. The molecule has 0 aliphatic carbocycles. The summed E-state index contributed by atoms with van der Waals surface area (Å²) >= 11 is 6.65. The monoisotopic (exact) mass is 601 g/mol. The lowest BCUT2D eigenvalue weighted by molar-refractivity contribution is 0.0209. The predicted molar refractivity (Wildman–Crippen MR) is 155 cm³/mol. The molecule has 1 atom stereocenters. The van der Waals surface area contributed by atoms with Crippen LogP contribution in [0.25, 0.3) is 0 Å². The van der Waals surface area contributed by atoms with Crippen LogP contribution in [0.15, 0.2) is 35.2 Å². The Hall–Kier alpha value is -3.49. The Morgan fingerprint density at radius 3 is 2.93 bits per heavy atom. The average molecular weight is 602 g/mol. The number of benzene rings is 1. The number of rotatable bonds is 14. The Bertz CT molecular complexity index is 1340. The molecule has 13 nitrogen and oxygen atoms in total. The third-order valence-electron chi connectivity index (χ3n) is 7.11. The van der Waals surface area contributed by atoms with E-state index < -0.39 is 6.10 Å². The van der Waals surface area contributed by atoms with Crippen LogP contribution in [-0.4, -0.2) is 103 Å². The van der Waals surface area contributed by atoms with E-state index >= 15 is 0 Å². The van der Waals surface area contributed by atoms with Gasteiger partial charge in [-0.05, 0) is 23.6 Å². The van der Waals surface area contributed by atoms with Gasteiger partial charge in [-0.15, -0.1) is 0 Å². The molecule has 1 unspecified atom stereocenters. The van der Waals surface area contributed by atoms with Crippen molar-refractivity contribution in [1.82, 2.24) is 25.2 Å². The van der Waals surface area contributed by atoms with E-state index in [1.54, 1.807) is 19.4 Å². The zero-order valence-corrected chi connectivity index (χ0v) is 24.5. The number of anilines is 2. The molecule has 5 rings (SSSR count). The number of carbonyl (C=O) groups is 1. The first kappa shape index (κ1) is 30.0. The fraction of sp³-hybridized carbons (Fsp3) is 0.500.